The third-order valence-corrected chi connectivity index (χ3v) is 8.06. The molecule has 2 saturated heterocycles. The smallest absolute Gasteiger partial charge is 0.344 e. The lowest BCUT2D eigenvalue weighted by Crippen LogP contribution is -2.40. The molecule has 1 atom stereocenters. The van der Waals surface area contributed by atoms with Crippen LogP contribution in [0.15, 0.2) is 39.1 Å². The zero-order valence-corrected chi connectivity index (χ0v) is 19.0. The Labute approximate surface area is 189 Å². The maximum Gasteiger partial charge on any atom is 0.344 e. The van der Waals surface area contributed by atoms with Gasteiger partial charge in [0.25, 0.3) is 0 Å². The number of aromatic amines is 1. The summed E-state index contributed by atoms with van der Waals surface area (Å²) in [6, 6.07) is 6.16. The van der Waals surface area contributed by atoms with Crippen LogP contribution in [0.25, 0.3) is 0 Å². The first-order chi connectivity index (χ1) is 15.4. The van der Waals surface area contributed by atoms with Crippen molar-refractivity contribution >= 4 is 33.4 Å². The van der Waals surface area contributed by atoms with E-state index in [9.17, 15) is 18.0 Å². The highest BCUT2D eigenvalue weighted by molar-refractivity contribution is 7.99. The number of benzene rings is 1. The number of aromatic nitrogens is 3. The molecule has 13 heteroatoms. The number of thioether (sulfide) groups is 1. The van der Waals surface area contributed by atoms with E-state index in [2.05, 4.69) is 15.5 Å². The van der Waals surface area contributed by atoms with Crippen LogP contribution in [0, 0.1) is 0 Å². The number of nitrogens with zero attached hydrogens (tertiary/aromatic N) is 3. The van der Waals surface area contributed by atoms with E-state index in [1.165, 1.54) is 21.0 Å². The van der Waals surface area contributed by atoms with Gasteiger partial charge in [-0.15, -0.1) is 5.10 Å². The first-order valence-corrected chi connectivity index (χ1v) is 12.7. The van der Waals surface area contributed by atoms with Crippen LogP contribution in [0.1, 0.15) is 12.8 Å². The average molecular weight is 484 g/mol. The van der Waals surface area contributed by atoms with Crippen molar-refractivity contribution in [1.29, 1.82) is 0 Å². The molecular formula is C19H25N5O6S2. The summed E-state index contributed by atoms with van der Waals surface area (Å²) in [5.74, 6) is -0.328. The van der Waals surface area contributed by atoms with Crippen LogP contribution in [0.2, 0.25) is 0 Å². The summed E-state index contributed by atoms with van der Waals surface area (Å²) in [6.45, 7) is 2.39. The minimum atomic E-state index is -3.66. The van der Waals surface area contributed by atoms with Crippen molar-refractivity contribution in [2.45, 2.75) is 35.5 Å². The van der Waals surface area contributed by atoms with Gasteiger partial charge in [0.05, 0.1) is 36.5 Å². The third kappa shape index (κ3) is 5.41. The van der Waals surface area contributed by atoms with Crippen LogP contribution in [0.4, 0.5) is 5.69 Å². The van der Waals surface area contributed by atoms with Crippen molar-refractivity contribution in [2.24, 2.45) is 0 Å². The minimum absolute atomic E-state index is 0.0102. The molecular weight excluding hydrogens is 458 g/mol. The zero-order valence-electron chi connectivity index (χ0n) is 17.4. The number of rotatable bonds is 8. The van der Waals surface area contributed by atoms with Crippen LogP contribution >= 0.6 is 11.8 Å². The van der Waals surface area contributed by atoms with Gasteiger partial charge in [-0.25, -0.2) is 18.3 Å². The molecule has 2 aromatic rings. The van der Waals surface area contributed by atoms with Crippen LogP contribution in [-0.2, 0) is 30.8 Å². The highest BCUT2D eigenvalue weighted by Gasteiger charge is 2.26. The number of amides is 1. The average Bonchev–Trinajstić information content (AvgIpc) is 3.44. The molecule has 0 spiro atoms. The van der Waals surface area contributed by atoms with E-state index in [1.807, 2.05) is 0 Å². The third-order valence-electron chi connectivity index (χ3n) is 5.19. The second kappa shape index (κ2) is 10.2. The van der Waals surface area contributed by atoms with Gasteiger partial charge >= 0.3 is 5.69 Å². The molecule has 0 radical (unpaired) electrons. The Hall–Kier alpha value is -2.19. The lowest BCUT2D eigenvalue weighted by atomic mass is 10.2. The second-order valence-electron chi connectivity index (χ2n) is 7.44. The fourth-order valence-electron chi connectivity index (χ4n) is 3.56. The molecule has 2 fully saturated rings. The first-order valence-electron chi connectivity index (χ1n) is 10.3. The van der Waals surface area contributed by atoms with E-state index >= 15 is 0 Å². The number of morpholine rings is 1. The van der Waals surface area contributed by atoms with E-state index < -0.39 is 10.0 Å². The zero-order chi connectivity index (χ0) is 22.6. The van der Waals surface area contributed by atoms with Gasteiger partial charge < -0.3 is 14.8 Å². The maximum absolute atomic E-state index is 12.8. The van der Waals surface area contributed by atoms with Gasteiger partial charge in [0.15, 0.2) is 5.16 Å². The largest absolute Gasteiger partial charge is 0.379 e. The van der Waals surface area contributed by atoms with E-state index in [0.29, 0.717) is 50.3 Å². The van der Waals surface area contributed by atoms with Crippen LogP contribution < -0.4 is 11.0 Å². The molecule has 11 nitrogen and oxygen atoms in total. The summed E-state index contributed by atoms with van der Waals surface area (Å²) in [7, 11) is -3.66. The lowest BCUT2D eigenvalue weighted by Gasteiger charge is -2.26. The Bertz CT molecular complexity index is 1100. The minimum Gasteiger partial charge on any atom is -0.379 e. The predicted molar refractivity (Wildman–Crippen MR) is 117 cm³/mol. The summed E-state index contributed by atoms with van der Waals surface area (Å²) in [6.07, 6.45) is 1.81. The summed E-state index contributed by atoms with van der Waals surface area (Å²) in [5.41, 5.74) is 0.0353. The van der Waals surface area contributed by atoms with Crippen molar-refractivity contribution in [2.75, 3.05) is 44.0 Å². The number of sulfonamides is 1. The Morgan fingerprint density at radius 3 is 2.84 bits per heavy atom. The van der Waals surface area contributed by atoms with Gasteiger partial charge in [-0.05, 0) is 31.0 Å². The number of carbonyl (C=O) groups excluding carboxylic acids is 1. The number of H-pyrrole nitrogens is 1. The second-order valence-corrected chi connectivity index (χ2v) is 10.3. The van der Waals surface area contributed by atoms with Gasteiger partial charge in [-0.2, -0.15) is 4.31 Å². The van der Waals surface area contributed by atoms with Crippen LogP contribution in [-0.4, -0.2) is 78.2 Å². The molecule has 1 unspecified atom stereocenters. The summed E-state index contributed by atoms with van der Waals surface area (Å²) in [5, 5.41) is 9.52. The summed E-state index contributed by atoms with van der Waals surface area (Å²) in [4.78, 5) is 24.6. The quantitative estimate of drug-likeness (QED) is 0.518. The molecule has 1 amide bonds. The molecule has 174 valence electrons. The van der Waals surface area contributed by atoms with Crippen molar-refractivity contribution in [1.82, 2.24) is 19.1 Å². The molecule has 3 heterocycles. The molecule has 0 aliphatic carbocycles. The highest BCUT2D eigenvalue weighted by atomic mass is 32.2. The topological polar surface area (TPSA) is 136 Å². The normalized spacial score (nSPS) is 19.8. The number of nitrogens with one attached hydrogen (secondary N) is 2. The molecule has 2 N–H and O–H groups in total. The van der Waals surface area contributed by atoms with Crippen molar-refractivity contribution in [3.8, 4) is 0 Å². The molecule has 0 saturated carbocycles. The van der Waals surface area contributed by atoms with E-state index in [4.69, 9.17) is 9.47 Å². The Balaban J connectivity index is 1.37. The van der Waals surface area contributed by atoms with Crippen molar-refractivity contribution in [3.05, 3.63) is 34.7 Å². The van der Waals surface area contributed by atoms with Gasteiger partial charge in [0, 0.05) is 25.4 Å². The molecule has 2 aliphatic rings. The fraction of sp³-hybridized carbons (Fsp3) is 0.526. The highest BCUT2D eigenvalue weighted by Crippen LogP contribution is 2.22. The maximum atomic E-state index is 12.8. The van der Waals surface area contributed by atoms with E-state index in [1.54, 1.807) is 12.1 Å². The SMILES string of the molecule is O=C(CSc1n[nH]c(=O)n1CC1CCCO1)Nc1cccc(S(=O)(=O)N2CCOCC2)c1. The molecule has 4 rings (SSSR count). The molecule has 1 aromatic heterocycles. The standard InChI is InChI=1S/C19H25N5O6S2/c25-17(13-31-19-22-21-18(26)24(19)12-15-4-2-8-30-15)20-14-3-1-5-16(11-14)32(27,28)23-6-9-29-10-7-23/h1,3,5,11,15H,2,4,6-10,12-13H2,(H,20,25)(H,21,26). The Kier molecular flexibility index (Phi) is 7.30. The number of ether oxygens (including phenoxy) is 2. The lowest BCUT2D eigenvalue weighted by molar-refractivity contribution is -0.113. The number of hydrogen-bond acceptors (Lipinski definition) is 8. The molecule has 32 heavy (non-hydrogen) atoms. The Morgan fingerprint density at radius 1 is 1.28 bits per heavy atom. The molecule has 1 aromatic carbocycles. The van der Waals surface area contributed by atoms with E-state index in [-0.39, 0.29) is 28.3 Å². The molecule has 0 bridgehead atoms. The fourth-order valence-corrected chi connectivity index (χ4v) is 5.77. The monoisotopic (exact) mass is 483 g/mol. The van der Waals surface area contributed by atoms with Gasteiger partial charge in [0.1, 0.15) is 0 Å². The number of anilines is 1. The Morgan fingerprint density at radius 2 is 2.09 bits per heavy atom. The van der Waals surface area contributed by atoms with Crippen molar-refractivity contribution < 1.29 is 22.7 Å². The van der Waals surface area contributed by atoms with Crippen LogP contribution in [0.5, 0.6) is 0 Å². The number of hydrogen-bond donors (Lipinski definition) is 2. The number of carbonyl (C=O) groups is 1. The van der Waals surface area contributed by atoms with E-state index in [0.717, 1.165) is 24.6 Å². The summed E-state index contributed by atoms with van der Waals surface area (Å²) < 4.78 is 39.3. The molecule has 2 aliphatic heterocycles. The van der Waals surface area contributed by atoms with Gasteiger partial charge in [0.2, 0.25) is 15.9 Å². The summed E-state index contributed by atoms with van der Waals surface area (Å²) >= 11 is 1.12. The van der Waals surface area contributed by atoms with Gasteiger partial charge in [-0.1, -0.05) is 17.8 Å². The van der Waals surface area contributed by atoms with Gasteiger partial charge in [-0.3, -0.25) is 9.36 Å². The van der Waals surface area contributed by atoms with Crippen molar-refractivity contribution in [3.63, 3.8) is 0 Å². The first kappa shape index (κ1) is 23.0. The predicted octanol–water partition coefficient (Wildman–Crippen LogP) is 0.502. The van der Waals surface area contributed by atoms with Crippen LogP contribution in [0.3, 0.4) is 0 Å².